The van der Waals surface area contributed by atoms with E-state index in [4.69, 9.17) is 4.42 Å². The average molecular weight is 349 g/mol. The van der Waals surface area contributed by atoms with Crippen LogP contribution in [-0.2, 0) is 4.79 Å². The van der Waals surface area contributed by atoms with E-state index >= 15 is 0 Å². The minimum absolute atomic E-state index is 0.0175. The molecular formula is C22H23NO3. The Hall–Kier alpha value is -2.62. The van der Waals surface area contributed by atoms with Gasteiger partial charge in [-0.25, -0.2) is 4.98 Å². The second-order valence-corrected chi connectivity index (χ2v) is 7.50. The van der Waals surface area contributed by atoms with Crippen LogP contribution >= 0.6 is 0 Å². The molecule has 0 unspecified atom stereocenters. The van der Waals surface area contributed by atoms with Gasteiger partial charge in [-0.05, 0) is 29.7 Å². The number of aliphatic carboxylic acids is 1. The van der Waals surface area contributed by atoms with Crippen molar-refractivity contribution in [2.45, 2.75) is 44.9 Å². The summed E-state index contributed by atoms with van der Waals surface area (Å²) < 4.78 is 5.89. The van der Waals surface area contributed by atoms with Gasteiger partial charge in [0.15, 0.2) is 11.5 Å². The third kappa shape index (κ3) is 2.36. The Kier molecular flexibility index (Phi) is 3.87. The lowest BCUT2D eigenvalue weighted by molar-refractivity contribution is -0.143. The molecule has 0 spiro atoms. The molecule has 3 atom stereocenters. The summed E-state index contributed by atoms with van der Waals surface area (Å²) in [4.78, 5) is 16.7. The van der Waals surface area contributed by atoms with Crippen molar-refractivity contribution in [1.82, 2.24) is 4.98 Å². The predicted molar refractivity (Wildman–Crippen MR) is 100 cm³/mol. The molecule has 1 aromatic heterocycles. The van der Waals surface area contributed by atoms with E-state index < -0.39 is 11.4 Å². The highest BCUT2D eigenvalue weighted by molar-refractivity contribution is 5.85. The molecule has 0 saturated heterocycles. The number of oxazole rings is 1. The van der Waals surface area contributed by atoms with Crippen molar-refractivity contribution in [3.63, 3.8) is 0 Å². The largest absolute Gasteiger partial charge is 0.481 e. The van der Waals surface area contributed by atoms with Crippen molar-refractivity contribution in [2.75, 3.05) is 0 Å². The Labute approximate surface area is 152 Å². The van der Waals surface area contributed by atoms with Crippen molar-refractivity contribution in [3.8, 4) is 0 Å². The zero-order valence-electron chi connectivity index (χ0n) is 15.3. The van der Waals surface area contributed by atoms with Crippen molar-refractivity contribution >= 4 is 17.1 Å². The van der Waals surface area contributed by atoms with Gasteiger partial charge in [-0.3, -0.25) is 4.79 Å². The number of carbonyl (C=O) groups is 1. The first-order chi connectivity index (χ1) is 12.5. The lowest BCUT2D eigenvalue weighted by Crippen LogP contribution is -2.17. The zero-order chi connectivity index (χ0) is 18.5. The van der Waals surface area contributed by atoms with E-state index in [0.29, 0.717) is 12.3 Å². The van der Waals surface area contributed by atoms with Gasteiger partial charge < -0.3 is 9.52 Å². The monoisotopic (exact) mass is 349 g/mol. The molecule has 0 radical (unpaired) electrons. The van der Waals surface area contributed by atoms with Crippen LogP contribution in [0, 0.1) is 5.41 Å². The molecule has 2 aromatic carbocycles. The van der Waals surface area contributed by atoms with Gasteiger partial charge in [0.1, 0.15) is 5.52 Å². The van der Waals surface area contributed by atoms with Gasteiger partial charge >= 0.3 is 5.97 Å². The lowest BCUT2D eigenvalue weighted by atomic mass is 9.94. The number of hydrogen-bond donors (Lipinski definition) is 1. The Balaban J connectivity index is 1.80. The number of aromatic nitrogens is 1. The van der Waals surface area contributed by atoms with E-state index in [9.17, 15) is 9.90 Å². The molecule has 3 aromatic rings. The molecule has 0 bridgehead atoms. The smallest absolute Gasteiger partial charge is 0.310 e. The molecule has 0 aliphatic heterocycles. The lowest BCUT2D eigenvalue weighted by Gasteiger charge is -2.10. The molecule has 0 amide bonds. The molecule has 4 nitrogen and oxygen atoms in total. The Morgan fingerprint density at radius 3 is 2.46 bits per heavy atom. The Morgan fingerprint density at radius 1 is 1.15 bits per heavy atom. The summed E-state index contributed by atoms with van der Waals surface area (Å²) in [5.41, 5.74) is 2.91. The van der Waals surface area contributed by atoms with Crippen molar-refractivity contribution in [1.29, 1.82) is 0 Å². The topological polar surface area (TPSA) is 63.3 Å². The summed E-state index contributed by atoms with van der Waals surface area (Å²) in [5.74, 6) is 0.144. The second kappa shape index (κ2) is 5.97. The number of fused-ring (bicyclic) bond motifs is 1. The van der Waals surface area contributed by atoms with Crippen LogP contribution in [0.15, 0.2) is 52.9 Å². The number of benzene rings is 2. The van der Waals surface area contributed by atoms with Gasteiger partial charge in [-0.2, -0.15) is 0 Å². The van der Waals surface area contributed by atoms with Crippen LogP contribution in [0.2, 0.25) is 0 Å². The maximum Gasteiger partial charge on any atom is 0.310 e. The molecule has 1 aliphatic carbocycles. The fourth-order valence-corrected chi connectivity index (χ4v) is 4.34. The van der Waals surface area contributed by atoms with Crippen molar-refractivity contribution in [2.24, 2.45) is 5.41 Å². The van der Waals surface area contributed by atoms with Gasteiger partial charge in [0.25, 0.3) is 0 Å². The predicted octanol–water partition coefficient (Wildman–Crippen LogP) is 5.31. The van der Waals surface area contributed by atoms with Crippen LogP contribution in [-0.4, -0.2) is 16.1 Å². The van der Waals surface area contributed by atoms with Crippen LogP contribution in [0.4, 0.5) is 0 Å². The molecule has 134 valence electrons. The van der Waals surface area contributed by atoms with Crippen LogP contribution in [0.25, 0.3) is 11.1 Å². The summed E-state index contributed by atoms with van der Waals surface area (Å²) >= 11 is 0. The first-order valence-electron chi connectivity index (χ1n) is 9.17. The van der Waals surface area contributed by atoms with Gasteiger partial charge in [0.2, 0.25) is 0 Å². The molecule has 1 heterocycles. The molecule has 1 aliphatic rings. The van der Waals surface area contributed by atoms with Crippen LogP contribution in [0.1, 0.15) is 62.0 Å². The van der Waals surface area contributed by atoms with E-state index in [1.54, 1.807) is 0 Å². The molecular weight excluding hydrogens is 326 g/mol. The van der Waals surface area contributed by atoms with Gasteiger partial charge in [0.05, 0.1) is 5.41 Å². The van der Waals surface area contributed by atoms with E-state index in [2.05, 4.69) is 4.98 Å². The zero-order valence-corrected chi connectivity index (χ0v) is 15.3. The summed E-state index contributed by atoms with van der Waals surface area (Å²) in [6.45, 7) is 6.06. The first kappa shape index (κ1) is 16.8. The number of hydrogen-bond acceptors (Lipinski definition) is 3. The molecule has 1 N–H and O–H groups in total. The fraction of sp³-hybridized carbons (Fsp3) is 0.364. The van der Waals surface area contributed by atoms with Crippen LogP contribution in [0.3, 0.4) is 0 Å². The molecule has 26 heavy (non-hydrogen) atoms. The molecule has 4 heteroatoms. The highest BCUT2D eigenvalue weighted by Gasteiger charge is 2.69. The minimum atomic E-state index is -0.754. The molecule has 1 saturated carbocycles. The van der Waals surface area contributed by atoms with E-state index in [0.717, 1.165) is 22.2 Å². The summed E-state index contributed by atoms with van der Waals surface area (Å²) in [5, 5.41) is 10.0. The highest BCUT2D eigenvalue weighted by atomic mass is 16.4. The van der Waals surface area contributed by atoms with Crippen molar-refractivity contribution < 1.29 is 14.3 Å². The third-order valence-electron chi connectivity index (χ3n) is 5.76. The van der Waals surface area contributed by atoms with Crippen LogP contribution < -0.4 is 0 Å². The fourth-order valence-electron chi connectivity index (χ4n) is 4.34. The summed E-state index contributed by atoms with van der Waals surface area (Å²) in [6, 6.07) is 15.9. The maximum absolute atomic E-state index is 12.2. The average Bonchev–Trinajstić information content (AvgIpc) is 3.15. The second-order valence-electron chi connectivity index (χ2n) is 7.50. The number of carboxylic acid groups (broad SMARTS) is 1. The van der Waals surface area contributed by atoms with E-state index in [1.165, 1.54) is 0 Å². The third-order valence-corrected chi connectivity index (χ3v) is 5.76. The maximum atomic E-state index is 12.2. The van der Waals surface area contributed by atoms with Gasteiger partial charge in [-0.1, -0.05) is 57.2 Å². The van der Waals surface area contributed by atoms with Crippen LogP contribution in [0.5, 0.6) is 0 Å². The molecule has 4 rings (SSSR count). The van der Waals surface area contributed by atoms with E-state index in [-0.39, 0.29) is 17.8 Å². The standard InChI is InChI=1S/C22H23NO3/c1-4-22(21(24)25)18(14-8-6-5-7-9-14)19(22)15-10-11-16-17(12-15)26-20(23-16)13(2)3/h5-13,18-19H,4H2,1-3H3,(H,24,25)/t18-,19-,22+/m0/s1. The summed E-state index contributed by atoms with van der Waals surface area (Å²) in [6.07, 6.45) is 0.595. The minimum Gasteiger partial charge on any atom is -0.481 e. The van der Waals surface area contributed by atoms with Gasteiger partial charge in [-0.15, -0.1) is 0 Å². The Bertz CT molecular complexity index is 960. The first-order valence-corrected chi connectivity index (χ1v) is 9.17. The number of rotatable bonds is 5. The van der Waals surface area contributed by atoms with E-state index in [1.807, 2.05) is 69.3 Å². The molecule has 1 fully saturated rings. The Morgan fingerprint density at radius 2 is 1.85 bits per heavy atom. The quantitative estimate of drug-likeness (QED) is 0.678. The SMILES string of the molecule is CC[C@@]1(C(=O)O)[C@@H](c2ccccc2)[C@@H]1c1ccc2nc(C(C)C)oc2c1. The number of nitrogens with zero attached hydrogens (tertiary/aromatic N) is 1. The number of carboxylic acids is 1. The summed E-state index contributed by atoms with van der Waals surface area (Å²) in [7, 11) is 0. The van der Waals surface area contributed by atoms with Crippen molar-refractivity contribution in [3.05, 3.63) is 65.5 Å². The van der Waals surface area contributed by atoms with Gasteiger partial charge in [0, 0.05) is 17.8 Å². The normalized spacial score (nSPS) is 24.9. The highest BCUT2D eigenvalue weighted by Crippen LogP contribution is 2.72.